The van der Waals surface area contributed by atoms with Crippen molar-refractivity contribution >= 4 is 5.69 Å². The molecule has 0 radical (unpaired) electrons. The van der Waals surface area contributed by atoms with E-state index in [0.717, 1.165) is 0 Å². The highest BCUT2D eigenvalue weighted by atomic mass is 19.1. The van der Waals surface area contributed by atoms with Crippen molar-refractivity contribution in [3.05, 3.63) is 18.2 Å². The Morgan fingerprint density at radius 2 is 2.10 bits per heavy atom. The quantitative estimate of drug-likeness (QED) is 0.458. The van der Waals surface area contributed by atoms with Gasteiger partial charge in [-0.25, -0.2) is 14.4 Å². The lowest BCUT2D eigenvalue weighted by molar-refractivity contribution is 0.465. The number of hydrazine groups is 1. The maximum absolute atomic E-state index is 11.8. The Morgan fingerprint density at radius 3 is 2.50 bits per heavy atom. The van der Waals surface area contributed by atoms with E-state index >= 15 is 0 Å². The Kier molecular flexibility index (Phi) is 2.11. The molecular weight excluding hydrogens is 135 g/mol. The second-order valence-electron chi connectivity index (χ2n) is 1.67. The van der Waals surface area contributed by atoms with Gasteiger partial charge >= 0.3 is 0 Å². The highest BCUT2D eigenvalue weighted by Gasteiger charge is 1.93. The lowest BCUT2D eigenvalue weighted by Gasteiger charge is -1.96. The zero-order valence-corrected chi connectivity index (χ0v) is 5.21. The zero-order chi connectivity index (χ0) is 7.40. The standard InChI is InChI=1S/C5H7FN4/c6-1-5-8-2-4(10-7)3-9-5/h2-3,10H,1,7H2. The minimum Gasteiger partial charge on any atom is -0.321 e. The number of alkyl halides is 1. The van der Waals surface area contributed by atoms with Crippen LogP contribution in [0.2, 0.25) is 0 Å². The number of halogens is 1. The number of nitrogens with one attached hydrogen (secondary N) is 1. The number of aromatic nitrogens is 2. The number of anilines is 1. The van der Waals surface area contributed by atoms with Crippen LogP contribution in [0.25, 0.3) is 0 Å². The average Bonchev–Trinajstić information content (AvgIpc) is 2.05. The minimum atomic E-state index is -0.648. The molecule has 0 spiro atoms. The molecule has 1 aromatic heterocycles. The normalized spacial score (nSPS) is 9.40. The maximum atomic E-state index is 11.8. The fourth-order valence-corrected chi connectivity index (χ4v) is 0.498. The van der Waals surface area contributed by atoms with Gasteiger partial charge in [-0.2, -0.15) is 0 Å². The fraction of sp³-hybridized carbons (Fsp3) is 0.200. The third-order valence-electron chi connectivity index (χ3n) is 0.992. The predicted molar refractivity (Wildman–Crippen MR) is 34.7 cm³/mol. The summed E-state index contributed by atoms with van der Waals surface area (Å²) in [4.78, 5) is 7.28. The fourth-order valence-electron chi connectivity index (χ4n) is 0.498. The first kappa shape index (κ1) is 6.88. The van der Waals surface area contributed by atoms with Crippen molar-refractivity contribution in [1.29, 1.82) is 0 Å². The van der Waals surface area contributed by atoms with E-state index in [-0.39, 0.29) is 5.82 Å². The predicted octanol–water partition coefficient (Wildman–Crippen LogP) is 0.232. The molecule has 1 aromatic rings. The molecule has 54 valence electrons. The molecule has 1 heterocycles. The molecule has 0 aliphatic carbocycles. The zero-order valence-electron chi connectivity index (χ0n) is 5.21. The summed E-state index contributed by atoms with van der Waals surface area (Å²) in [5.74, 6) is 5.18. The Balaban J connectivity index is 2.80. The molecule has 1 rings (SSSR count). The van der Waals surface area contributed by atoms with Crippen molar-refractivity contribution in [3.63, 3.8) is 0 Å². The van der Waals surface area contributed by atoms with E-state index in [4.69, 9.17) is 5.84 Å². The van der Waals surface area contributed by atoms with Crippen molar-refractivity contribution in [2.75, 3.05) is 5.43 Å². The second kappa shape index (κ2) is 3.07. The largest absolute Gasteiger partial charge is 0.321 e. The van der Waals surface area contributed by atoms with Crippen molar-refractivity contribution in [3.8, 4) is 0 Å². The topological polar surface area (TPSA) is 63.8 Å². The van der Waals surface area contributed by atoms with Crippen molar-refractivity contribution in [1.82, 2.24) is 9.97 Å². The monoisotopic (exact) mass is 142 g/mol. The summed E-state index contributed by atoms with van der Waals surface area (Å²) >= 11 is 0. The molecule has 10 heavy (non-hydrogen) atoms. The van der Waals surface area contributed by atoms with Crippen LogP contribution in [0, 0.1) is 0 Å². The van der Waals surface area contributed by atoms with Crippen LogP contribution in [0.4, 0.5) is 10.1 Å². The van der Waals surface area contributed by atoms with Gasteiger partial charge in [0.2, 0.25) is 0 Å². The molecule has 5 heteroatoms. The second-order valence-corrected chi connectivity index (χ2v) is 1.67. The third kappa shape index (κ3) is 1.38. The van der Waals surface area contributed by atoms with Crippen molar-refractivity contribution in [2.45, 2.75) is 6.67 Å². The molecule has 0 saturated carbocycles. The van der Waals surface area contributed by atoms with Gasteiger partial charge < -0.3 is 5.43 Å². The van der Waals surface area contributed by atoms with Crippen LogP contribution in [0.1, 0.15) is 5.82 Å². The van der Waals surface area contributed by atoms with E-state index in [9.17, 15) is 4.39 Å². The van der Waals surface area contributed by atoms with Gasteiger partial charge in [-0.05, 0) is 0 Å². The SMILES string of the molecule is NNc1cnc(CF)nc1. The van der Waals surface area contributed by atoms with Gasteiger partial charge in [0.25, 0.3) is 0 Å². The maximum Gasteiger partial charge on any atom is 0.159 e. The van der Waals surface area contributed by atoms with Gasteiger partial charge in [0, 0.05) is 0 Å². The summed E-state index contributed by atoms with van der Waals surface area (Å²) in [5.41, 5.74) is 2.90. The molecule has 0 aromatic carbocycles. The first-order valence-corrected chi connectivity index (χ1v) is 2.70. The van der Waals surface area contributed by atoms with Crippen molar-refractivity contribution < 1.29 is 4.39 Å². The molecule has 0 bridgehead atoms. The van der Waals surface area contributed by atoms with Gasteiger partial charge in [0.15, 0.2) is 5.82 Å². The van der Waals surface area contributed by atoms with E-state index in [0.29, 0.717) is 5.69 Å². The van der Waals surface area contributed by atoms with Crippen molar-refractivity contribution in [2.24, 2.45) is 5.84 Å². The van der Waals surface area contributed by atoms with Crippen LogP contribution in [-0.4, -0.2) is 9.97 Å². The lowest BCUT2D eigenvalue weighted by Crippen LogP contribution is -2.07. The van der Waals surface area contributed by atoms with Gasteiger partial charge in [0.05, 0.1) is 18.1 Å². The third-order valence-corrected chi connectivity index (χ3v) is 0.992. The molecule has 0 aliphatic rings. The van der Waals surface area contributed by atoms with Gasteiger partial charge in [0.1, 0.15) is 6.67 Å². The molecule has 0 fully saturated rings. The Morgan fingerprint density at radius 1 is 1.50 bits per heavy atom. The summed E-state index contributed by atoms with van der Waals surface area (Å²) in [6.07, 6.45) is 2.84. The number of nitrogens with zero attached hydrogens (tertiary/aromatic N) is 2. The lowest BCUT2D eigenvalue weighted by atomic mass is 10.5. The van der Waals surface area contributed by atoms with Gasteiger partial charge in [-0.3, -0.25) is 5.84 Å². The molecule has 0 aliphatic heterocycles. The summed E-state index contributed by atoms with van der Waals surface area (Å²) in [6.45, 7) is -0.648. The molecular formula is C5H7FN4. The number of hydrogen-bond donors (Lipinski definition) is 2. The summed E-state index contributed by atoms with van der Waals surface area (Å²) < 4.78 is 11.8. The summed E-state index contributed by atoms with van der Waals surface area (Å²) in [5, 5.41) is 0. The molecule has 0 unspecified atom stereocenters. The first-order valence-electron chi connectivity index (χ1n) is 2.70. The number of nitrogen functional groups attached to an aromatic ring is 1. The van der Waals surface area contributed by atoms with Crippen LogP contribution in [0.15, 0.2) is 12.4 Å². The highest BCUT2D eigenvalue weighted by molar-refractivity contribution is 5.35. The summed E-state index contributed by atoms with van der Waals surface area (Å²) in [7, 11) is 0. The van der Waals surface area contributed by atoms with Crippen LogP contribution >= 0.6 is 0 Å². The molecule has 0 saturated heterocycles. The Labute approximate surface area is 57.3 Å². The van der Waals surface area contributed by atoms with E-state index in [1.807, 2.05) is 0 Å². The van der Waals surface area contributed by atoms with Crippen LogP contribution in [0.5, 0.6) is 0 Å². The Bertz CT molecular complexity index is 174. The van der Waals surface area contributed by atoms with Crippen LogP contribution < -0.4 is 11.3 Å². The van der Waals surface area contributed by atoms with Gasteiger partial charge in [-0.1, -0.05) is 0 Å². The molecule has 0 amide bonds. The molecule has 3 N–H and O–H groups in total. The smallest absolute Gasteiger partial charge is 0.159 e. The van der Waals surface area contributed by atoms with E-state index < -0.39 is 6.67 Å². The van der Waals surface area contributed by atoms with E-state index in [2.05, 4.69) is 15.4 Å². The number of nitrogens with two attached hydrogens (primary N) is 1. The first-order chi connectivity index (χ1) is 4.86. The Hall–Kier alpha value is -1.23. The number of hydrogen-bond acceptors (Lipinski definition) is 4. The van der Waals surface area contributed by atoms with Crippen LogP contribution in [-0.2, 0) is 6.67 Å². The average molecular weight is 142 g/mol. The minimum absolute atomic E-state index is 0.166. The van der Waals surface area contributed by atoms with Crippen LogP contribution in [0.3, 0.4) is 0 Å². The summed E-state index contributed by atoms with van der Waals surface area (Å²) in [6, 6.07) is 0. The van der Waals surface area contributed by atoms with E-state index in [1.54, 1.807) is 0 Å². The number of rotatable bonds is 2. The molecule has 0 atom stereocenters. The van der Waals surface area contributed by atoms with Gasteiger partial charge in [-0.15, -0.1) is 0 Å². The molecule has 4 nitrogen and oxygen atoms in total. The van der Waals surface area contributed by atoms with E-state index in [1.165, 1.54) is 12.4 Å². The highest BCUT2D eigenvalue weighted by Crippen LogP contribution is 1.99.